The quantitative estimate of drug-likeness (QED) is 0.148. The van der Waals surface area contributed by atoms with Crippen molar-refractivity contribution in [3.8, 4) is 11.5 Å². The SMILES string of the molecule is CCOc1cc(C2C3=CCC4C(=O)N(C5CCN(Cc6ccccc6)CC5)C(=O)C4C3CC3C(=O)N(c4cccc(Cl)c4)C(=O)C32c2ccccc2)ccc1O. The first-order chi connectivity index (χ1) is 27.2. The highest BCUT2D eigenvalue weighted by Crippen LogP contribution is 2.65. The molecule has 0 aromatic heterocycles. The zero-order valence-corrected chi connectivity index (χ0v) is 32.0. The lowest BCUT2D eigenvalue weighted by Gasteiger charge is -2.50. The number of rotatable bonds is 8. The van der Waals surface area contributed by atoms with Crippen LogP contribution in [0, 0.1) is 23.7 Å². The predicted octanol–water partition coefficient (Wildman–Crippen LogP) is 7.27. The van der Waals surface area contributed by atoms with Gasteiger partial charge in [0.05, 0.1) is 35.5 Å². The van der Waals surface area contributed by atoms with Gasteiger partial charge in [-0.05, 0) is 85.5 Å². The van der Waals surface area contributed by atoms with Gasteiger partial charge in [-0.3, -0.25) is 29.0 Å². The molecule has 1 N–H and O–H groups in total. The van der Waals surface area contributed by atoms with Crippen molar-refractivity contribution in [3.63, 3.8) is 0 Å². The summed E-state index contributed by atoms with van der Waals surface area (Å²) in [5.41, 5.74) is 2.44. The number of fused-ring (bicyclic) bond motifs is 4. The van der Waals surface area contributed by atoms with Gasteiger partial charge in [0.1, 0.15) is 0 Å². The fraction of sp³-hybridized carbons (Fsp3) is 0.348. The third-order valence-corrected chi connectivity index (χ3v) is 13.2. The van der Waals surface area contributed by atoms with Crippen LogP contribution in [0.25, 0.3) is 0 Å². The number of hydrogen-bond donors (Lipinski definition) is 1. The van der Waals surface area contributed by atoms with E-state index in [-0.39, 0.29) is 47.6 Å². The summed E-state index contributed by atoms with van der Waals surface area (Å²) < 4.78 is 5.87. The number of halogens is 1. The van der Waals surface area contributed by atoms with E-state index >= 15 is 9.59 Å². The van der Waals surface area contributed by atoms with E-state index in [1.54, 1.807) is 47.4 Å². The van der Waals surface area contributed by atoms with E-state index in [4.69, 9.17) is 16.3 Å². The molecular weight excluding hydrogens is 726 g/mol. The van der Waals surface area contributed by atoms with Crippen LogP contribution in [-0.4, -0.2) is 64.3 Å². The molecule has 9 rings (SSSR count). The Morgan fingerprint density at radius 1 is 0.821 bits per heavy atom. The van der Waals surface area contributed by atoms with Crippen LogP contribution in [0.4, 0.5) is 5.69 Å². The van der Waals surface area contributed by atoms with Gasteiger partial charge in [-0.15, -0.1) is 0 Å². The number of aromatic hydroxyl groups is 1. The van der Waals surface area contributed by atoms with Crippen molar-refractivity contribution in [3.05, 3.63) is 136 Å². The van der Waals surface area contributed by atoms with E-state index in [0.29, 0.717) is 47.7 Å². The average Bonchev–Trinajstić information content (AvgIpc) is 3.60. The number of imide groups is 2. The molecule has 6 unspecified atom stereocenters. The van der Waals surface area contributed by atoms with Crippen LogP contribution in [0.2, 0.25) is 5.02 Å². The highest BCUT2D eigenvalue weighted by molar-refractivity contribution is 6.32. The summed E-state index contributed by atoms with van der Waals surface area (Å²) in [6.07, 6.45) is 4.05. The molecule has 0 spiro atoms. The molecule has 1 saturated carbocycles. The smallest absolute Gasteiger partial charge is 0.246 e. The zero-order valence-electron chi connectivity index (χ0n) is 31.2. The molecule has 3 heterocycles. The van der Waals surface area contributed by atoms with Gasteiger partial charge in [-0.25, -0.2) is 4.90 Å². The first kappa shape index (κ1) is 36.4. The molecule has 5 aliphatic rings. The molecular formula is C46H44ClN3O6. The highest BCUT2D eigenvalue weighted by Gasteiger charge is 2.70. The second-order valence-electron chi connectivity index (χ2n) is 15.8. The van der Waals surface area contributed by atoms with Gasteiger partial charge in [0, 0.05) is 36.6 Å². The van der Waals surface area contributed by atoms with Gasteiger partial charge in [0.25, 0.3) is 0 Å². The maximum absolute atomic E-state index is 15.5. The maximum atomic E-state index is 15.5. The largest absolute Gasteiger partial charge is 0.504 e. The van der Waals surface area contributed by atoms with Gasteiger partial charge < -0.3 is 9.84 Å². The van der Waals surface area contributed by atoms with E-state index in [0.717, 1.165) is 25.2 Å². The van der Waals surface area contributed by atoms with Gasteiger partial charge >= 0.3 is 0 Å². The fourth-order valence-corrected chi connectivity index (χ4v) is 10.8. The number of amides is 4. The van der Waals surface area contributed by atoms with Crippen molar-refractivity contribution in [1.29, 1.82) is 0 Å². The summed E-state index contributed by atoms with van der Waals surface area (Å²) in [5.74, 6) is -4.08. The molecule has 3 aliphatic heterocycles. The van der Waals surface area contributed by atoms with Crippen molar-refractivity contribution in [2.75, 3.05) is 24.6 Å². The second-order valence-corrected chi connectivity index (χ2v) is 16.2. The van der Waals surface area contributed by atoms with Crippen molar-refractivity contribution in [2.24, 2.45) is 23.7 Å². The highest BCUT2D eigenvalue weighted by atomic mass is 35.5. The zero-order chi connectivity index (χ0) is 38.7. The number of ether oxygens (including phenoxy) is 1. The van der Waals surface area contributed by atoms with E-state index in [2.05, 4.69) is 23.1 Å². The Balaban J connectivity index is 1.13. The summed E-state index contributed by atoms with van der Waals surface area (Å²) in [6, 6.07) is 31.4. The number of allylic oxidation sites excluding steroid dienone is 2. The van der Waals surface area contributed by atoms with Crippen LogP contribution in [0.5, 0.6) is 11.5 Å². The summed E-state index contributed by atoms with van der Waals surface area (Å²) in [7, 11) is 0. The number of likely N-dealkylation sites (tertiary alicyclic amines) is 2. The number of phenols is 1. The first-order valence-electron chi connectivity index (χ1n) is 19.7. The summed E-state index contributed by atoms with van der Waals surface area (Å²) in [4.78, 5) is 65.0. The number of benzene rings is 4. The second kappa shape index (κ2) is 14.4. The Morgan fingerprint density at radius 2 is 1.55 bits per heavy atom. The molecule has 10 heteroatoms. The first-order valence-corrected chi connectivity index (χ1v) is 20.1. The minimum absolute atomic E-state index is 0.0395. The monoisotopic (exact) mass is 769 g/mol. The van der Waals surface area contributed by atoms with Gasteiger partial charge in [-0.1, -0.05) is 96.0 Å². The number of carbonyl (C=O) groups is 4. The Bertz CT molecular complexity index is 2240. The Morgan fingerprint density at radius 3 is 2.27 bits per heavy atom. The number of hydrogen-bond acceptors (Lipinski definition) is 7. The predicted molar refractivity (Wildman–Crippen MR) is 212 cm³/mol. The number of anilines is 1. The van der Waals surface area contributed by atoms with Crippen LogP contribution >= 0.6 is 11.6 Å². The number of nitrogens with zero attached hydrogens (tertiary/aromatic N) is 3. The Kier molecular flexibility index (Phi) is 9.33. The number of phenolic OH excluding ortho intramolecular Hbond substituents is 1. The molecule has 4 aromatic rings. The molecule has 2 aliphatic carbocycles. The average molecular weight is 770 g/mol. The van der Waals surface area contributed by atoms with Crippen molar-refractivity contribution >= 4 is 40.9 Å². The minimum Gasteiger partial charge on any atom is -0.504 e. The fourth-order valence-electron chi connectivity index (χ4n) is 10.7. The lowest BCUT2D eigenvalue weighted by atomic mass is 9.49. The maximum Gasteiger partial charge on any atom is 0.246 e. The van der Waals surface area contributed by atoms with E-state index in [9.17, 15) is 14.7 Å². The summed E-state index contributed by atoms with van der Waals surface area (Å²) >= 11 is 6.45. The minimum atomic E-state index is -1.41. The van der Waals surface area contributed by atoms with Crippen LogP contribution < -0.4 is 9.64 Å². The molecule has 3 saturated heterocycles. The Hall–Kier alpha value is -5.25. The lowest BCUT2D eigenvalue weighted by molar-refractivity contribution is -0.144. The standard InChI is InChI=1S/C46H44ClN3O6/c1-2-56-39-24-29(16-19-38(39)51)41-34-17-18-35-40(44(54)49(42(35)52)32-20-22-48(23-21-32)27-28-10-5-3-6-11-28)36(34)26-37-43(53)50(33-15-9-14-31(47)25-33)45(55)46(37,41)30-12-7-4-8-13-30/h3-17,19,24-25,32,35-37,40-41,51H,2,18,20-23,26-27H2,1H3. The van der Waals surface area contributed by atoms with Gasteiger partial charge in [0.2, 0.25) is 23.6 Å². The molecule has 56 heavy (non-hydrogen) atoms. The molecule has 4 amide bonds. The van der Waals surface area contributed by atoms with Crippen molar-refractivity contribution in [2.45, 2.75) is 56.5 Å². The van der Waals surface area contributed by atoms with Crippen molar-refractivity contribution < 1.29 is 29.0 Å². The molecule has 4 fully saturated rings. The van der Waals surface area contributed by atoms with Crippen LogP contribution in [-0.2, 0) is 31.1 Å². The molecule has 0 radical (unpaired) electrons. The Labute approximate surface area is 331 Å². The third-order valence-electron chi connectivity index (χ3n) is 13.0. The molecule has 9 nitrogen and oxygen atoms in total. The van der Waals surface area contributed by atoms with Crippen LogP contribution in [0.15, 0.2) is 115 Å². The topological polar surface area (TPSA) is 107 Å². The van der Waals surface area contributed by atoms with E-state index in [1.165, 1.54) is 10.5 Å². The lowest BCUT2D eigenvalue weighted by Crippen LogP contribution is -2.53. The third kappa shape index (κ3) is 5.69. The van der Waals surface area contributed by atoms with Crippen molar-refractivity contribution in [1.82, 2.24) is 9.80 Å². The number of piperidine rings is 1. The molecule has 286 valence electrons. The number of carbonyl (C=O) groups excluding carboxylic acids is 4. The van der Waals surface area contributed by atoms with Gasteiger partial charge in [0.15, 0.2) is 11.5 Å². The van der Waals surface area contributed by atoms with E-state index in [1.807, 2.05) is 55.5 Å². The van der Waals surface area contributed by atoms with Gasteiger partial charge in [-0.2, -0.15) is 0 Å². The molecule has 0 bridgehead atoms. The van der Waals surface area contributed by atoms with Crippen LogP contribution in [0.3, 0.4) is 0 Å². The normalized spacial score (nSPS) is 27.9. The molecule has 4 aromatic carbocycles. The summed E-state index contributed by atoms with van der Waals surface area (Å²) in [6.45, 7) is 4.52. The van der Waals surface area contributed by atoms with Crippen LogP contribution in [0.1, 0.15) is 55.2 Å². The molecule has 6 atom stereocenters. The van der Waals surface area contributed by atoms with E-state index < -0.39 is 35.0 Å². The summed E-state index contributed by atoms with van der Waals surface area (Å²) in [5, 5.41) is 11.2.